The first kappa shape index (κ1) is 21.0. The average molecular weight is 383 g/mol. The van der Waals surface area contributed by atoms with Crippen molar-refractivity contribution in [3.8, 4) is 5.75 Å². The zero-order chi connectivity index (χ0) is 20.4. The molecule has 0 aliphatic carbocycles. The van der Waals surface area contributed by atoms with Crippen LogP contribution in [0.25, 0.3) is 0 Å². The zero-order valence-electron chi connectivity index (χ0n) is 16.3. The van der Waals surface area contributed by atoms with Crippen molar-refractivity contribution in [2.24, 2.45) is 5.10 Å². The Balaban J connectivity index is 1.73. The third-order valence-electron chi connectivity index (χ3n) is 3.93. The molecular formula is C21H25N3O4. The van der Waals surface area contributed by atoms with Crippen molar-refractivity contribution in [1.82, 2.24) is 5.43 Å². The van der Waals surface area contributed by atoms with Gasteiger partial charge in [-0.25, -0.2) is 10.2 Å². The summed E-state index contributed by atoms with van der Waals surface area (Å²) in [7, 11) is 1.58. The van der Waals surface area contributed by atoms with Gasteiger partial charge in [0, 0.05) is 11.4 Å². The van der Waals surface area contributed by atoms with Gasteiger partial charge in [0.05, 0.1) is 13.5 Å². The summed E-state index contributed by atoms with van der Waals surface area (Å²) in [6, 6.07) is 14.8. The van der Waals surface area contributed by atoms with Crippen LogP contribution in [0.1, 0.15) is 31.4 Å². The lowest BCUT2D eigenvalue weighted by molar-refractivity contribution is -0.115. The van der Waals surface area contributed by atoms with Gasteiger partial charge in [-0.2, -0.15) is 5.10 Å². The van der Waals surface area contributed by atoms with E-state index in [1.807, 2.05) is 24.3 Å². The summed E-state index contributed by atoms with van der Waals surface area (Å²) in [6.07, 6.45) is 0.319. The Kier molecular flexibility index (Phi) is 8.02. The summed E-state index contributed by atoms with van der Waals surface area (Å²) in [5, 5.41) is 6.68. The third kappa shape index (κ3) is 7.11. The van der Waals surface area contributed by atoms with Crippen LogP contribution in [0.4, 0.5) is 10.5 Å². The first-order valence-electron chi connectivity index (χ1n) is 8.97. The molecule has 2 rings (SSSR count). The summed E-state index contributed by atoms with van der Waals surface area (Å²) in [4.78, 5) is 23.8. The molecule has 0 heterocycles. The highest BCUT2D eigenvalue weighted by Gasteiger charge is 2.06. The molecule has 2 amide bonds. The molecule has 0 aromatic heterocycles. The molecule has 0 saturated heterocycles. The topological polar surface area (TPSA) is 89.0 Å². The predicted octanol–water partition coefficient (Wildman–Crippen LogP) is 3.89. The van der Waals surface area contributed by atoms with Crippen LogP contribution in [-0.2, 0) is 22.6 Å². The van der Waals surface area contributed by atoms with Crippen LogP contribution in [0.2, 0.25) is 0 Å². The molecule has 0 unspecified atom stereocenters. The molecule has 148 valence electrons. The number of amides is 2. The Bertz CT molecular complexity index is 815. The number of rotatable bonds is 8. The molecule has 0 saturated carbocycles. The maximum absolute atomic E-state index is 12.0. The highest BCUT2D eigenvalue weighted by molar-refractivity contribution is 6.05. The smallest absolute Gasteiger partial charge is 0.428 e. The Morgan fingerprint density at radius 2 is 1.64 bits per heavy atom. The maximum atomic E-state index is 12.0. The van der Waals surface area contributed by atoms with Crippen LogP contribution in [0.15, 0.2) is 53.6 Å². The second-order valence-corrected chi connectivity index (χ2v) is 6.16. The van der Waals surface area contributed by atoms with Crippen LogP contribution in [0, 0.1) is 0 Å². The number of ether oxygens (including phenoxy) is 2. The van der Waals surface area contributed by atoms with Crippen LogP contribution in [0.3, 0.4) is 0 Å². The number of methoxy groups -OCH3 is 1. The number of benzene rings is 2. The first-order chi connectivity index (χ1) is 13.5. The first-order valence-corrected chi connectivity index (χ1v) is 8.97. The summed E-state index contributed by atoms with van der Waals surface area (Å²) in [6.45, 7) is 3.84. The van der Waals surface area contributed by atoms with Crippen molar-refractivity contribution in [3.63, 3.8) is 0 Å². The molecule has 0 fully saturated rings. The normalized spacial score (nSPS) is 10.9. The maximum Gasteiger partial charge on any atom is 0.428 e. The van der Waals surface area contributed by atoms with Crippen molar-refractivity contribution < 1.29 is 19.1 Å². The second-order valence-electron chi connectivity index (χ2n) is 6.16. The fraction of sp³-hybridized carbons (Fsp3) is 0.286. The van der Waals surface area contributed by atoms with Gasteiger partial charge in [0.2, 0.25) is 5.91 Å². The number of aryl methyl sites for hydroxylation is 1. The molecule has 0 spiro atoms. The van der Waals surface area contributed by atoms with Gasteiger partial charge in [0.1, 0.15) is 12.4 Å². The quantitative estimate of drug-likeness (QED) is 0.535. The molecule has 0 aliphatic heterocycles. The molecule has 28 heavy (non-hydrogen) atoms. The number of carbonyl (C=O) groups excluding carboxylic acids is 2. The van der Waals surface area contributed by atoms with E-state index >= 15 is 0 Å². The molecule has 7 nitrogen and oxygen atoms in total. The summed E-state index contributed by atoms with van der Waals surface area (Å²) in [5.74, 6) is 0.520. The zero-order valence-corrected chi connectivity index (χ0v) is 16.3. The van der Waals surface area contributed by atoms with Gasteiger partial charge in [-0.1, -0.05) is 31.2 Å². The Hall–Kier alpha value is -3.35. The molecule has 0 radical (unpaired) electrons. The van der Waals surface area contributed by atoms with Gasteiger partial charge in [-0.3, -0.25) is 4.79 Å². The van der Waals surface area contributed by atoms with E-state index in [9.17, 15) is 9.59 Å². The summed E-state index contributed by atoms with van der Waals surface area (Å²) >= 11 is 0. The van der Waals surface area contributed by atoms with Gasteiger partial charge in [-0.05, 0) is 48.7 Å². The SMILES string of the molecule is CCc1ccc(NC(=O)C/C(C)=N\NC(=O)OCc2ccc(OC)cc2)cc1. The van der Waals surface area contributed by atoms with E-state index in [1.54, 1.807) is 38.3 Å². The molecule has 7 heteroatoms. The lowest BCUT2D eigenvalue weighted by Gasteiger charge is -2.07. The standard InChI is InChI=1S/C21H25N3O4/c1-4-16-5-9-18(10-6-16)22-20(25)13-15(2)23-24-21(26)28-14-17-7-11-19(27-3)12-8-17/h5-12H,4,13-14H2,1-3H3,(H,22,25)(H,24,26)/b23-15-. The van der Waals surface area contributed by atoms with Gasteiger partial charge in [0.15, 0.2) is 0 Å². The minimum atomic E-state index is -0.689. The predicted molar refractivity (Wildman–Crippen MR) is 108 cm³/mol. The Morgan fingerprint density at radius 3 is 2.25 bits per heavy atom. The molecule has 0 aliphatic rings. The van der Waals surface area contributed by atoms with Crippen molar-refractivity contribution in [1.29, 1.82) is 0 Å². The van der Waals surface area contributed by atoms with Crippen molar-refractivity contribution in [2.75, 3.05) is 12.4 Å². The number of hydrazone groups is 1. The van der Waals surface area contributed by atoms with Gasteiger partial charge in [0.25, 0.3) is 0 Å². The van der Waals surface area contributed by atoms with Gasteiger partial charge >= 0.3 is 6.09 Å². The van der Waals surface area contributed by atoms with Gasteiger partial charge in [-0.15, -0.1) is 0 Å². The molecule has 2 aromatic rings. The second kappa shape index (κ2) is 10.7. The molecule has 2 aromatic carbocycles. The van der Waals surface area contributed by atoms with Crippen molar-refractivity contribution >= 4 is 23.4 Å². The molecule has 0 bridgehead atoms. The number of hydrogen-bond acceptors (Lipinski definition) is 5. The minimum Gasteiger partial charge on any atom is -0.497 e. The van der Waals surface area contributed by atoms with E-state index in [1.165, 1.54) is 5.56 Å². The van der Waals surface area contributed by atoms with E-state index < -0.39 is 6.09 Å². The van der Waals surface area contributed by atoms with E-state index in [4.69, 9.17) is 9.47 Å². The minimum absolute atomic E-state index is 0.0638. The van der Waals surface area contributed by atoms with Crippen LogP contribution in [0.5, 0.6) is 5.75 Å². The lowest BCUT2D eigenvalue weighted by atomic mass is 10.1. The fourth-order valence-corrected chi connectivity index (χ4v) is 2.34. The van der Waals surface area contributed by atoms with E-state index in [-0.39, 0.29) is 18.9 Å². The Morgan fingerprint density at radius 1 is 1.00 bits per heavy atom. The fourth-order valence-electron chi connectivity index (χ4n) is 2.34. The number of nitrogens with one attached hydrogen (secondary N) is 2. The molecular weight excluding hydrogens is 358 g/mol. The van der Waals surface area contributed by atoms with Crippen LogP contribution >= 0.6 is 0 Å². The lowest BCUT2D eigenvalue weighted by Crippen LogP contribution is -2.22. The average Bonchev–Trinajstić information content (AvgIpc) is 2.71. The molecule has 0 atom stereocenters. The van der Waals surface area contributed by atoms with Crippen molar-refractivity contribution in [2.45, 2.75) is 33.3 Å². The highest BCUT2D eigenvalue weighted by Crippen LogP contribution is 2.12. The van der Waals surface area contributed by atoms with E-state index in [0.29, 0.717) is 5.71 Å². The van der Waals surface area contributed by atoms with Crippen molar-refractivity contribution in [3.05, 3.63) is 59.7 Å². The van der Waals surface area contributed by atoms with Crippen LogP contribution in [-0.4, -0.2) is 24.8 Å². The summed E-state index contributed by atoms with van der Waals surface area (Å²) < 4.78 is 10.1. The number of carbonyl (C=O) groups is 2. The monoisotopic (exact) mass is 383 g/mol. The van der Waals surface area contributed by atoms with Crippen LogP contribution < -0.4 is 15.5 Å². The van der Waals surface area contributed by atoms with E-state index in [0.717, 1.165) is 23.4 Å². The number of anilines is 1. The molecule has 2 N–H and O–H groups in total. The Labute approximate surface area is 164 Å². The number of hydrogen-bond donors (Lipinski definition) is 2. The van der Waals surface area contributed by atoms with E-state index in [2.05, 4.69) is 22.8 Å². The third-order valence-corrected chi connectivity index (χ3v) is 3.93. The van der Waals surface area contributed by atoms with Gasteiger partial charge < -0.3 is 14.8 Å². The largest absolute Gasteiger partial charge is 0.497 e. The summed E-state index contributed by atoms with van der Waals surface area (Å²) in [5.41, 5.74) is 5.49. The highest BCUT2D eigenvalue weighted by atomic mass is 16.6. The number of nitrogens with zero attached hydrogens (tertiary/aromatic N) is 1.